The predicted molar refractivity (Wildman–Crippen MR) is 99.2 cm³/mol. The lowest BCUT2D eigenvalue weighted by molar-refractivity contribution is 0.0771. The highest BCUT2D eigenvalue weighted by Gasteiger charge is 2.55. The van der Waals surface area contributed by atoms with E-state index in [9.17, 15) is 9.59 Å². The Morgan fingerprint density at radius 3 is 2.96 bits per heavy atom. The first-order valence-corrected chi connectivity index (χ1v) is 9.84. The molecule has 0 bridgehead atoms. The minimum absolute atomic E-state index is 0.0249. The van der Waals surface area contributed by atoms with Gasteiger partial charge in [-0.15, -0.1) is 11.3 Å². The number of amides is 2. The van der Waals surface area contributed by atoms with Crippen LogP contribution in [0.25, 0.3) is 0 Å². The Kier molecular flexibility index (Phi) is 3.37. The molecule has 26 heavy (non-hydrogen) atoms. The van der Waals surface area contributed by atoms with Gasteiger partial charge in [0.15, 0.2) is 0 Å². The number of nitrogens with zero attached hydrogens (tertiary/aromatic N) is 2. The third-order valence-electron chi connectivity index (χ3n) is 6.08. The number of carbonyl (C=O) groups is 2. The Morgan fingerprint density at radius 1 is 1.31 bits per heavy atom. The maximum Gasteiger partial charge on any atom is 0.265 e. The molecule has 3 atom stereocenters. The number of hydrogen-bond donors (Lipinski definition) is 2. The SMILES string of the molecule is Cc1ncsc1C(=O)N1C[C@H]2CC[C@]3(NC(=O)c4ccccc4N3)[C@H]2C1. The summed E-state index contributed by atoms with van der Waals surface area (Å²) in [5.74, 6) is 0.669. The molecule has 0 unspecified atom stereocenters. The first-order chi connectivity index (χ1) is 12.6. The fourth-order valence-corrected chi connectivity index (χ4v) is 5.55. The molecule has 2 N–H and O–H groups in total. The van der Waals surface area contributed by atoms with Gasteiger partial charge in [-0.2, -0.15) is 0 Å². The number of aryl methyl sites for hydroxylation is 1. The van der Waals surface area contributed by atoms with Crippen LogP contribution in [0.3, 0.4) is 0 Å². The van der Waals surface area contributed by atoms with E-state index in [1.165, 1.54) is 11.3 Å². The van der Waals surface area contributed by atoms with Crippen LogP contribution in [0.5, 0.6) is 0 Å². The summed E-state index contributed by atoms with van der Waals surface area (Å²) in [6, 6.07) is 7.63. The van der Waals surface area contributed by atoms with Gasteiger partial charge in [0.25, 0.3) is 11.8 Å². The van der Waals surface area contributed by atoms with Crippen LogP contribution in [0.1, 0.15) is 38.6 Å². The van der Waals surface area contributed by atoms with E-state index >= 15 is 0 Å². The highest BCUT2D eigenvalue weighted by molar-refractivity contribution is 7.11. The summed E-state index contributed by atoms with van der Waals surface area (Å²) in [7, 11) is 0. The summed E-state index contributed by atoms with van der Waals surface area (Å²) in [6.45, 7) is 3.29. The van der Waals surface area contributed by atoms with Gasteiger partial charge < -0.3 is 15.5 Å². The lowest BCUT2D eigenvalue weighted by Gasteiger charge is -2.42. The van der Waals surface area contributed by atoms with Gasteiger partial charge in [0.2, 0.25) is 0 Å². The van der Waals surface area contributed by atoms with Crippen molar-refractivity contribution >= 4 is 28.8 Å². The highest BCUT2D eigenvalue weighted by Crippen LogP contribution is 2.47. The van der Waals surface area contributed by atoms with Crippen LogP contribution < -0.4 is 10.6 Å². The van der Waals surface area contributed by atoms with E-state index in [4.69, 9.17) is 0 Å². The first kappa shape index (κ1) is 15.8. The molecule has 0 radical (unpaired) electrons. The van der Waals surface area contributed by atoms with Crippen molar-refractivity contribution in [2.24, 2.45) is 11.8 Å². The monoisotopic (exact) mass is 368 g/mol. The van der Waals surface area contributed by atoms with Gasteiger partial charge in [-0.25, -0.2) is 4.98 Å². The normalized spacial score (nSPS) is 29.3. The highest BCUT2D eigenvalue weighted by atomic mass is 32.1. The minimum atomic E-state index is -0.451. The molecule has 1 aromatic carbocycles. The van der Waals surface area contributed by atoms with Gasteiger partial charge in [0.1, 0.15) is 10.5 Å². The molecule has 2 fully saturated rings. The van der Waals surface area contributed by atoms with Gasteiger partial charge in [0.05, 0.1) is 16.8 Å². The number of aromatic nitrogens is 1. The molecule has 134 valence electrons. The molecule has 1 saturated heterocycles. The van der Waals surface area contributed by atoms with Crippen molar-refractivity contribution in [1.82, 2.24) is 15.2 Å². The molecule has 2 aromatic rings. The lowest BCUT2D eigenvalue weighted by atomic mass is 9.89. The molecule has 3 heterocycles. The average Bonchev–Trinajstić information content (AvgIpc) is 3.32. The van der Waals surface area contributed by atoms with E-state index in [2.05, 4.69) is 15.6 Å². The fraction of sp³-hybridized carbons (Fsp3) is 0.421. The molecule has 7 heteroatoms. The van der Waals surface area contributed by atoms with Crippen LogP contribution in [0, 0.1) is 18.8 Å². The Bertz CT molecular complexity index is 910. The second-order valence-electron chi connectivity index (χ2n) is 7.48. The number of rotatable bonds is 1. The molecular weight excluding hydrogens is 348 g/mol. The molecule has 1 saturated carbocycles. The number of fused-ring (bicyclic) bond motifs is 3. The number of anilines is 1. The summed E-state index contributed by atoms with van der Waals surface area (Å²) in [4.78, 5) is 32.4. The Balaban J connectivity index is 1.42. The van der Waals surface area contributed by atoms with E-state index in [1.807, 2.05) is 36.1 Å². The molecular formula is C19H20N4O2S. The van der Waals surface area contributed by atoms with E-state index in [0.29, 0.717) is 18.0 Å². The van der Waals surface area contributed by atoms with Gasteiger partial charge in [0, 0.05) is 24.7 Å². The number of benzene rings is 1. The van der Waals surface area contributed by atoms with E-state index in [0.717, 1.165) is 35.6 Å². The Labute approximate surface area is 155 Å². The summed E-state index contributed by atoms with van der Waals surface area (Å²) in [6.07, 6.45) is 1.90. The second-order valence-corrected chi connectivity index (χ2v) is 8.33. The van der Waals surface area contributed by atoms with Crippen LogP contribution in [0.15, 0.2) is 29.8 Å². The zero-order valence-electron chi connectivity index (χ0n) is 14.5. The van der Waals surface area contributed by atoms with Crippen molar-refractivity contribution in [3.8, 4) is 0 Å². The Morgan fingerprint density at radius 2 is 2.15 bits per heavy atom. The molecule has 1 aliphatic carbocycles. The second kappa shape index (κ2) is 5.54. The maximum atomic E-state index is 12.9. The molecule has 1 spiro atoms. The molecule has 3 aliphatic rings. The van der Waals surface area contributed by atoms with Gasteiger partial charge >= 0.3 is 0 Å². The van der Waals surface area contributed by atoms with Crippen LogP contribution in [-0.4, -0.2) is 40.5 Å². The standard InChI is InChI=1S/C19H20N4O2S/c1-11-16(26-10-20-11)18(25)23-8-12-6-7-19(14(12)9-23)21-15-5-3-2-4-13(15)17(24)22-19/h2-5,10,12,14,21H,6-9H2,1H3,(H,22,24)/t12-,14+,19+/m1/s1. The molecule has 6 nitrogen and oxygen atoms in total. The van der Waals surface area contributed by atoms with Crippen molar-refractivity contribution in [3.05, 3.63) is 45.9 Å². The zero-order valence-corrected chi connectivity index (χ0v) is 15.3. The summed E-state index contributed by atoms with van der Waals surface area (Å²) in [5.41, 5.74) is 3.65. The van der Waals surface area contributed by atoms with Crippen LogP contribution in [0.4, 0.5) is 5.69 Å². The number of hydrogen-bond acceptors (Lipinski definition) is 5. The van der Waals surface area contributed by atoms with Crippen LogP contribution in [0.2, 0.25) is 0 Å². The summed E-state index contributed by atoms with van der Waals surface area (Å²) in [5, 5.41) is 6.83. The number of thiazole rings is 1. The third-order valence-corrected chi connectivity index (χ3v) is 6.99. The van der Waals surface area contributed by atoms with Gasteiger partial charge in [-0.1, -0.05) is 12.1 Å². The quantitative estimate of drug-likeness (QED) is 0.811. The number of para-hydroxylation sites is 1. The average molecular weight is 368 g/mol. The van der Waals surface area contributed by atoms with E-state index in [1.54, 1.807) is 5.51 Å². The first-order valence-electron chi connectivity index (χ1n) is 8.96. The van der Waals surface area contributed by atoms with Crippen molar-refractivity contribution in [1.29, 1.82) is 0 Å². The van der Waals surface area contributed by atoms with Gasteiger partial charge in [-0.3, -0.25) is 9.59 Å². The number of likely N-dealkylation sites (tertiary alicyclic amines) is 1. The van der Waals surface area contributed by atoms with Crippen molar-refractivity contribution in [2.75, 3.05) is 18.4 Å². The van der Waals surface area contributed by atoms with Crippen LogP contribution in [-0.2, 0) is 0 Å². The lowest BCUT2D eigenvalue weighted by Crippen LogP contribution is -2.61. The van der Waals surface area contributed by atoms with Crippen molar-refractivity contribution in [2.45, 2.75) is 25.4 Å². The smallest absolute Gasteiger partial charge is 0.265 e. The number of nitrogens with one attached hydrogen (secondary N) is 2. The molecule has 2 aliphatic heterocycles. The van der Waals surface area contributed by atoms with Crippen LogP contribution >= 0.6 is 11.3 Å². The van der Waals surface area contributed by atoms with E-state index in [-0.39, 0.29) is 17.7 Å². The fourth-order valence-electron chi connectivity index (χ4n) is 4.78. The summed E-state index contributed by atoms with van der Waals surface area (Å²) < 4.78 is 0. The van der Waals surface area contributed by atoms with Crippen molar-refractivity contribution in [3.63, 3.8) is 0 Å². The third kappa shape index (κ3) is 2.19. The number of carbonyl (C=O) groups excluding carboxylic acids is 2. The zero-order chi connectivity index (χ0) is 17.9. The van der Waals surface area contributed by atoms with Crippen molar-refractivity contribution < 1.29 is 9.59 Å². The molecule has 2 amide bonds. The Hall–Kier alpha value is -2.41. The van der Waals surface area contributed by atoms with Gasteiger partial charge in [-0.05, 0) is 37.8 Å². The van der Waals surface area contributed by atoms with E-state index < -0.39 is 5.66 Å². The molecule has 5 rings (SSSR count). The topological polar surface area (TPSA) is 74.3 Å². The largest absolute Gasteiger partial charge is 0.362 e. The summed E-state index contributed by atoms with van der Waals surface area (Å²) >= 11 is 1.40. The minimum Gasteiger partial charge on any atom is -0.362 e. The maximum absolute atomic E-state index is 12.9. The predicted octanol–water partition coefficient (Wildman–Crippen LogP) is 2.49. The molecule has 1 aromatic heterocycles.